The van der Waals surface area contributed by atoms with Gasteiger partial charge in [-0.3, -0.25) is 0 Å². The van der Waals surface area contributed by atoms with E-state index in [2.05, 4.69) is 48.0 Å². The number of aryl methyl sites for hydroxylation is 1. The highest BCUT2D eigenvalue weighted by molar-refractivity contribution is 5.75. The fourth-order valence-corrected chi connectivity index (χ4v) is 3.69. The Morgan fingerprint density at radius 1 is 1.29 bits per heavy atom. The van der Waals surface area contributed by atoms with E-state index in [0.29, 0.717) is 6.04 Å². The van der Waals surface area contributed by atoms with Crippen LogP contribution < -0.4 is 5.32 Å². The summed E-state index contributed by atoms with van der Waals surface area (Å²) in [5.74, 6) is 1.97. The van der Waals surface area contributed by atoms with Gasteiger partial charge in [0.25, 0.3) is 0 Å². The zero-order chi connectivity index (χ0) is 14.7. The predicted octanol–water partition coefficient (Wildman–Crippen LogP) is 3.90. The summed E-state index contributed by atoms with van der Waals surface area (Å²) in [6, 6.07) is 9.08. The maximum Gasteiger partial charge on any atom is 0.106 e. The van der Waals surface area contributed by atoms with Crippen LogP contribution in [0.1, 0.15) is 44.9 Å². The molecule has 1 atom stereocenters. The molecule has 1 heterocycles. The molecule has 21 heavy (non-hydrogen) atoms. The molecular weight excluding hydrogens is 258 g/mol. The fourth-order valence-electron chi connectivity index (χ4n) is 3.69. The largest absolute Gasteiger partial charge is 0.327 e. The lowest BCUT2D eigenvalue weighted by Gasteiger charge is -2.26. The van der Waals surface area contributed by atoms with Crippen molar-refractivity contribution in [2.75, 3.05) is 6.54 Å². The highest BCUT2D eigenvalue weighted by Crippen LogP contribution is 2.29. The first-order valence-electron chi connectivity index (χ1n) is 8.45. The molecule has 2 aromatic rings. The normalized spacial score (nSPS) is 17.6. The predicted molar refractivity (Wildman–Crippen MR) is 88.5 cm³/mol. The summed E-state index contributed by atoms with van der Waals surface area (Å²) >= 11 is 0. The molecule has 0 spiro atoms. The van der Waals surface area contributed by atoms with Gasteiger partial charge in [0.1, 0.15) is 5.82 Å². The number of rotatable bonds is 6. The van der Waals surface area contributed by atoms with E-state index in [0.717, 1.165) is 30.3 Å². The van der Waals surface area contributed by atoms with E-state index in [9.17, 15) is 0 Å². The van der Waals surface area contributed by atoms with Crippen LogP contribution in [0.3, 0.4) is 0 Å². The van der Waals surface area contributed by atoms with Crippen LogP contribution in [0, 0.1) is 12.8 Å². The molecule has 1 fully saturated rings. The molecular formula is C18H27N3. The second-order valence-corrected chi connectivity index (χ2v) is 6.36. The van der Waals surface area contributed by atoms with E-state index < -0.39 is 0 Å². The third kappa shape index (κ3) is 3.13. The van der Waals surface area contributed by atoms with Gasteiger partial charge in [-0.05, 0) is 50.8 Å². The Labute approximate surface area is 127 Å². The molecule has 0 amide bonds. The highest BCUT2D eigenvalue weighted by Gasteiger charge is 2.25. The van der Waals surface area contributed by atoms with Gasteiger partial charge in [0.05, 0.1) is 11.0 Å². The Balaban J connectivity index is 1.84. The van der Waals surface area contributed by atoms with Gasteiger partial charge in [-0.2, -0.15) is 0 Å². The minimum absolute atomic E-state index is 0.587. The average Bonchev–Trinajstić information content (AvgIpc) is 3.11. The molecule has 0 saturated heterocycles. The summed E-state index contributed by atoms with van der Waals surface area (Å²) in [5.41, 5.74) is 2.40. The summed E-state index contributed by atoms with van der Waals surface area (Å²) in [5, 5.41) is 3.79. The number of para-hydroxylation sites is 2. The summed E-state index contributed by atoms with van der Waals surface area (Å²) in [6.45, 7) is 6.55. The Kier molecular flexibility index (Phi) is 4.59. The van der Waals surface area contributed by atoms with Crippen molar-refractivity contribution in [3.63, 3.8) is 0 Å². The second kappa shape index (κ2) is 6.61. The van der Waals surface area contributed by atoms with Crippen LogP contribution in [0.25, 0.3) is 11.0 Å². The zero-order valence-electron chi connectivity index (χ0n) is 13.3. The minimum atomic E-state index is 0.587. The molecule has 3 rings (SSSR count). The molecule has 1 aliphatic rings. The van der Waals surface area contributed by atoms with Crippen LogP contribution in [-0.4, -0.2) is 22.1 Å². The molecule has 1 aromatic heterocycles. The van der Waals surface area contributed by atoms with Gasteiger partial charge in [-0.25, -0.2) is 4.98 Å². The van der Waals surface area contributed by atoms with Crippen LogP contribution in [0.2, 0.25) is 0 Å². The van der Waals surface area contributed by atoms with E-state index in [1.165, 1.54) is 37.6 Å². The number of nitrogens with one attached hydrogen (secondary N) is 1. The van der Waals surface area contributed by atoms with Crippen molar-refractivity contribution in [3.05, 3.63) is 30.1 Å². The van der Waals surface area contributed by atoms with Crippen molar-refractivity contribution >= 4 is 11.0 Å². The summed E-state index contributed by atoms with van der Waals surface area (Å²) < 4.78 is 2.40. The number of benzene rings is 1. The number of hydrogen-bond donors (Lipinski definition) is 1. The van der Waals surface area contributed by atoms with Gasteiger partial charge < -0.3 is 9.88 Å². The van der Waals surface area contributed by atoms with E-state index >= 15 is 0 Å². The van der Waals surface area contributed by atoms with Gasteiger partial charge in [-0.1, -0.05) is 31.9 Å². The fraction of sp³-hybridized carbons (Fsp3) is 0.611. The Morgan fingerprint density at radius 3 is 2.81 bits per heavy atom. The summed E-state index contributed by atoms with van der Waals surface area (Å²) in [7, 11) is 0. The van der Waals surface area contributed by atoms with Crippen LogP contribution in [0.15, 0.2) is 24.3 Å². The SMILES string of the molecule is CCCNC(Cn1c(C)nc2ccccc21)C1CCCC1. The Hall–Kier alpha value is -1.35. The van der Waals surface area contributed by atoms with E-state index in [1.807, 2.05) is 0 Å². The van der Waals surface area contributed by atoms with E-state index in [-0.39, 0.29) is 0 Å². The first-order chi connectivity index (χ1) is 10.3. The quantitative estimate of drug-likeness (QED) is 0.872. The first kappa shape index (κ1) is 14.6. The highest BCUT2D eigenvalue weighted by atomic mass is 15.1. The average molecular weight is 285 g/mol. The smallest absolute Gasteiger partial charge is 0.106 e. The second-order valence-electron chi connectivity index (χ2n) is 6.36. The molecule has 1 saturated carbocycles. The molecule has 0 bridgehead atoms. The van der Waals surface area contributed by atoms with Crippen LogP contribution in [0.5, 0.6) is 0 Å². The molecule has 3 nitrogen and oxygen atoms in total. The maximum atomic E-state index is 4.71. The lowest BCUT2D eigenvalue weighted by atomic mass is 9.97. The lowest BCUT2D eigenvalue weighted by Crippen LogP contribution is -2.39. The van der Waals surface area contributed by atoms with E-state index in [4.69, 9.17) is 4.98 Å². The number of hydrogen-bond acceptors (Lipinski definition) is 2. The van der Waals surface area contributed by atoms with Crippen molar-refractivity contribution in [3.8, 4) is 0 Å². The zero-order valence-corrected chi connectivity index (χ0v) is 13.3. The molecule has 1 unspecified atom stereocenters. The van der Waals surface area contributed by atoms with Gasteiger partial charge >= 0.3 is 0 Å². The summed E-state index contributed by atoms with van der Waals surface area (Å²) in [6.07, 6.45) is 6.77. The van der Waals surface area contributed by atoms with Gasteiger partial charge in [-0.15, -0.1) is 0 Å². The van der Waals surface area contributed by atoms with Crippen molar-refractivity contribution in [1.82, 2.24) is 14.9 Å². The van der Waals surface area contributed by atoms with Gasteiger partial charge in [0.15, 0.2) is 0 Å². The molecule has 1 aliphatic carbocycles. The monoisotopic (exact) mass is 285 g/mol. The maximum absolute atomic E-state index is 4.71. The third-order valence-corrected chi connectivity index (χ3v) is 4.85. The minimum Gasteiger partial charge on any atom is -0.327 e. The number of nitrogens with zero attached hydrogens (tertiary/aromatic N) is 2. The lowest BCUT2D eigenvalue weighted by molar-refractivity contribution is 0.323. The van der Waals surface area contributed by atoms with E-state index in [1.54, 1.807) is 0 Å². The summed E-state index contributed by atoms with van der Waals surface area (Å²) in [4.78, 5) is 4.71. The molecule has 1 aromatic carbocycles. The van der Waals surface area contributed by atoms with Crippen molar-refractivity contribution in [1.29, 1.82) is 0 Å². The van der Waals surface area contributed by atoms with Crippen molar-refractivity contribution in [2.45, 2.75) is 58.5 Å². The van der Waals surface area contributed by atoms with Gasteiger partial charge in [0.2, 0.25) is 0 Å². The molecule has 0 aliphatic heterocycles. The molecule has 114 valence electrons. The Bertz CT molecular complexity index is 581. The molecule has 0 radical (unpaired) electrons. The van der Waals surface area contributed by atoms with Crippen molar-refractivity contribution < 1.29 is 0 Å². The molecule has 1 N–H and O–H groups in total. The first-order valence-corrected chi connectivity index (χ1v) is 8.45. The number of aromatic nitrogens is 2. The number of fused-ring (bicyclic) bond motifs is 1. The Morgan fingerprint density at radius 2 is 2.05 bits per heavy atom. The standard InChI is InChI=1S/C18H27N3/c1-3-12-19-17(15-8-4-5-9-15)13-21-14(2)20-16-10-6-7-11-18(16)21/h6-7,10-11,15,17,19H,3-5,8-9,12-13H2,1-2H3. The van der Waals surface area contributed by atoms with Crippen molar-refractivity contribution in [2.24, 2.45) is 5.92 Å². The number of imidazole rings is 1. The topological polar surface area (TPSA) is 29.9 Å². The van der Waals surface area contributed by atoms with Gasteiger partial charge in [0, 0.05) is 12.6 Å². The molecule has 3 heteroatoms. The van der Waals surface area contributed by atoms with Crippen LogP contribution in [0.4, 0.5) is 0 Å². The van der Waals surface area contributed by atoms with Crippen LogP contribution >= 0.6 is 0 Å². The third-order valence-electron chi connectivity index (χ3n) is 4.85. The van der Waals surface area contributed by atoms with Crippen LogP contribution in [-0.2, 0) is 6.54 Å².